The second-order valence-electron chi connectivity index (χ2n) is 7.20. The minimum atomic E-state index is -3.53. The lowest BCUT2D eigenvalue weighted by molar-refractivity contribution is -0.136. The van der Waals surface area contributed by atoms with Crippen molar-refractivity contribution >= 4 is 27.5 Å². The Bertz CT molecular complexity index is 961. The molecule has 4 rings (SSSR count). The number of hydrogen-bond acceptors (Lipinski definition) is 5. The number of piperazine rings is 1. The first-order chi connectivity index (χ1) is 14.0. The van der Waals surface area contributed by atoms with Gasteiger partial charge in [-0.25, -0.2) is 13.8 Å². The molecule has 7 nitrogen and oxygen atoms in total. The molecule has 29 heavy (non-hydrogen) atoms. The third kappa shape index (κ3) is 4.17. The quantitative estimate of drug-likeness (QED) is 0.764. The number of hydrogen-bond donors (Lipinski definition) is 2. The first-order valence-electron chi connectivity index (χ1n) is 9.54. The molecule has 2 heterocycles. The molecule has 2 aromatic carbocycles. The average Bonchev–Trinajstić information content (AvgIpc) is 3.24. The fourth-order valence-corrected chi connectivity index (χ4v) is 5.41. The number of carbonyl (C=O) groups is 1. The van der Waals surface area contributed by atoms with Crippen LogP contribution in [0.1, 0.15) is 11.6 Å². The van der Waals surface area contributed by atoms with E-state index in [2.05, 4.69) is 10.9 Å². The third-order valence-electron chi connectivity index (χ3n) is 5.46. The van der Waals surface area contributed by atoms with E-state index < -0.39 is 10.0 Å². The Morgan fingerprint density at radius 1 is 0.966 bits per heavy atom. The van der Waals surface area contributed by atoms with Crippen LogP contribution in [-0.2, 0) is 14.8 Å². The Labute approximate surface area is 175 Å². The molecule has 2 unspecified atom stereocenters. The van der Waals surface area contributed by atoms with Gasteiger partial charge in [-0.1, -0.05) is 41.9 Å². The van der Waals surface area contributed by atoms with Crippen molar-refractivity contribution in [3.63, 3.8) is 0 Å². The van der Waals surface area contributed by atoms with Gasteiger partial charge in [-0.2, -0.15) is 4.31 Å². The van der Waals surface area contributed by atoms with Crippen LogP contribution in [0.4, 0.5) is 0 Å². The Morgan fingerprint density at radius 3 is 2.28 bits per heavy atom. The van der Waals surface area contributed by atoms with E-state index in [4.69, 9.17) is 11.6 Å². The molecule has 2 atom stereocenters. The molecule has 0 saturated carbocycles. The molecule has 1 amide bonds. The summed E-state index contributed by atoms with van der Waals surface area (Å²) < 4.78 is 27.0. The predicted molar refractivity (Wildman–Crippen MR) is 111 cm³/mol. The molecule has 0 aliphatic carbocycles. The van der Waals surface area contributed by atoms with Crippen LogP contribution >= 0.6 is 11.6 Å². The lowest BCUT2D eigenvalue weighted by atomic mass is 9.93. The molecule has 2 aliphatic heterocycles. The topological polar surface area (TPSA) is 81.8 Å². The normalized spacial score (nSPS) is 23.3. The molecule has 154 valence electrons. The highest BCUT2D eigenvalue weighted by molar-refractivity contribution is 7.89. The zero-order chi connectivity index (χ0) is 20.4. The van der Waals surface area contributed by atoms with Crippen molar-refractivity contribution in [1.82, 2.24) is 20.1 Å². The second kappa shape index (κ2) is 8.41. The van der Waals surface area contributed by atoms with Crippen LogP contribution in [0, 0.1) is 5.92 Å². The van der Waals surface area contributed by atoms with E-state index in [1.807, 2.05) is 24.3 Å². The Hall–Kier alpha value is -1.97. The number of benzene rings is 2. The van der Waals surface area contributed by atoms with E-state index in [0.29, 0.717) is 37.7 Å². The molecule has 2 aromatic rings. The van der Waals surface area contributed by atoms with Crippen molar-refractivity contribution in [1.29, 1.82) is 0 Å². The summed E-state index contributed by atoms with van der Waals surface area (Å²) in [6, 6.07) is 15.7. The maximum atomic E-state index is 13.1. The maximum absolute atomic E-state index is 13.1. The fraction of sp³-hybridized carbons (Fsp3) is 0.350. The molecule has 0 spiro atoms. The van der Waals surface area contributed by atoms with E-state index in [1.54, 1.807) is 35.2 Å². The number of sulfonamides is 1. The van der Waals surface area contributed by atoms with E-state index in [9.17, 15) is 13.2 Å². The summed E-state index contributed by atoms with van der Waals surface area (Å²) in [5, 5.41) is 0.651. The van der Waals surface area contributed by atoms with Gasteiger partial charge in [0.1, 0.15) is 0 Å². The van der Waals surface area contributed by atoms with Gasteiger partial charge in [0.2, 0.25) is 15.9 Å². The van der Waals surface area contributed by atoms with Crippen LogP contribution in [0.5, 0.6) is 0 Å². The van der Waals surface area contributed by atoms with Crippen molar-refractivity contribution < 1.29 is 13.2 Å². The van der Waals surface area contributed by atoms with E-state index in [0.717, 1.165) is 5.56 Å². The van der Waals surface area contributed by atoms with Crippen molar-refractivity contribution in [3.8, 4) is 0 Å². The smallest absolute Gasteiger partial charge is 0.243 e. The van der Waals surface area contributed by atoms with Gasteiger partial charge in [-0.15, -0.1) is 0 Å². The number of rotatable bonds is 4. The van der Waals surface area contributed by atoms with Crippen LogP contribution < -0.4 is 10.9 Å². The van der Waals surface area contributed by atoms with E-state index >= 15 is 0 Å². The molecular weight excluding hydrogens is 412 g/mol. The Morgan fingerprint density at radius 2 is 1.62 bits per heavy atom. The molecule has 0 aromatic heterocycles. The highest BCUT2D eigenvalue weighted by Gasteiger charge is 2.38. The summed E-state index contributed by atoms with van der Waals surface area (Å²) in [6.07, 6.45) is 0. The first kappa shape index (κ1) is 20.3. The standard InChI is InChI=1S/C20H23ClN4O3S/c21-16-8-6-15(7-9-16)19-18(14-22-23-19)20(26)24-10-12-25(13-11-24)29(27,28)17-4-2-1-3-5-17/h1-9,18-19,22-23H,10-14H2. The number of carbonyl (C=O) groups excluding carboxylic acids is 1. The van der Waals surface area contributed by atoms with Gasteiger partial charge in [0, 0.05) is 37.7 Å². The minimum absolute atomic E-state index is 0.0270. The van der Waals surface area contributed by atoms with Crippen molar-refractivity contribution in [2.24, 2.45) is 5.92 Å². The Kier molecular flexibility index (Phi) is 5.89. The van der Waals surface area contributed by atoms with Crippen molar-refractivity contribution in [3.05, 3.63) is 65.2 Å². The molecule has 0 radical (unpaired) electrons. The van der Waals surface area contributed by atoms with Gasteiger partial charge in [-0.05, 0) is 29.8 Å². The van der Waals surface area contributed by atoms with Gasteiger partial charge in [-0.3, -0.25) is 10.2 Å². The van der Waals surface area contributed by atoms with Gasteiger partial charge < -0.3 is 4.90 Å². The molecule has 2 saturated heterocycles. The minimum Gasteiger partial charge on any atom is -0.340 e. The maximum Gasteiger partial charge on any atom is 0.243 e. The number of amides is 1. The summed E-state index contributed by atoms with van der Waals surface area (Å²) in [5.41, 5.74) is 7.23. The lowest BCUT2D eigenvalue weighted by Crippen LogP contribution is -2.52. The van der Waals surface area contributed by atoms with Crippen LogP contribution in [-0.4, -0.2) is 56.3 Å². The second-order valence-corrected chi connectivity index (χ2v) is 9.58. The lowest BCUT2D eigenvalue weighted by Gasteiger charge is -2.36. The molecule has 2 fully saturated rings. The summed E-state index contributed by atoms with van der Waals surface area (Å²) in [4.78, 5) is 15.2. The van der Waals surface area contributed by atoms with Crippen LogP contribution in [0.2, 0.25) is 5.02 Å². The molecule has 0 bridgehead atoms. The Balaban J connectivity index is 1.42. The predicted octanol–water partition coefficient (Wildman–Crippen LogP) is 1.64. The van der Waals surface area contributed by atoms with Gasteiger partial charge in [0.15, 0.2) is 0 Å². The third-order valence-corrected chi connectivity index (χ3v) is 7.62. The van der Waals surface area contributed by atoms with Crippen LogP contribution in [0.3, 0.4) is 0 Å². The highest BCUT2D eigenvalue weighted by Crippen LogP contribution is 2.28. The number of nitrogens with zero attached hydrogens (tertiary/aromatic N) is 2. The van der Waals surface area contributed by atoms with Crippen molar-refractivity contribution in [2.75, 3.05) is 32.7 Å². The average molecular weight is 435 g/mol. The SMILES string of the molecule is O=C(C1CNNC1c1ccc(Cl)cc1)N1CCN(S(=O)(=O)c2ccccc2)CC1. The summed E-state index contributed by atoms with van der Waals surface area (Å²) in [6.45, 7) is 1.88. The van der Waals surface area contributed by atoms with Crippen LogP contribution in [0.25, 0.3) is 0 Å². The van der Waals surface area contributed by atoms with E-state index in [1.165, 1.54) is 4.31 Å². The first-order valence-corrected chi connectivity index (χ1v) is 11.4. The largest absolute Gasteiger partial charge is 0.340 e. The molecule has 2 aliphatic rings. The number of halogens is 1. The van der Waals surface area contributed by atoms with Gasteiger partial charge in [0.25, 0.3) is 0 Å². The highest BCUT2D eigenvalue weighted by atomic mass is 35.5. The van der Waals surface area contributed by atoms with Crippen LogP contribution in [0.15, 0.2) is 59.5 Å². The molecular formula is C20H23ClN4O3S. The zero-order valence-electron chi connectivity index (χ0n) is 15.8. The zero-order valence-corrected chi connectivity index (χ0v) is 17.4. The van der Waals surface area contributed by atoms with E-state index in [-0.39, 0.29) is 22.8 Å². The fourth-order valence-electron chi connectivity index (χ4n) is 3.84. The molecule has 9 heteroatoms. The summed E-state index contributed by atoms with van der Waals surface area (Å²) in [7, 11) is -3.53. The van der Waals surface area contributed by atoms with Crippen molar-refractivity contribution in [2.45, 2.75) is 10.9 Å². The monoisotopic (exact) mass is 434 g/mol. The number of hydrazine groups is 1. The summed E-state index contributed by atoms with van der Waals surface area (Å²) >= 11 is 5.97. The number of nitrogens with one attached hydrogen (secondary N) is 2. The van der Waals surface area contributed by atoms with Gasteiger partial charge >= 0.3 is 0 Å². The molecule has 2 N–H and O–H groups in total. The van der Waals surface area contributed by atoms with Gasteiger partial charge in [0.05, 0.1) is 16.9 Å². The summed E-state index contributed by atoms with van der Waals surface area (Å²) in [5.74, 6) is -0.229.